The van der Waals surface area contributed by atoms with Crippen LogP contribution in [-0.2, 0) is 0 Å². The molecule has 1 aliphatic carbocycles. The number of hydrogen-bond donors (Lipinski definition) is 2. The number of nitrogens with one attached hydrogen (secondary N) is 1. The van der Waals surface area contributed by atoms with Crippen molar-refractivity contribution in [2.75, 3.05) is 13.1 Å². The monoisotopic (exact) mass is 262 g/mol. The zero-order valence-electron chi connectivity index (χ0n) is 10.6. The van der Waals surface area contributed by atoms with Gasteiger partial charge in [-0.15, -0.1) is 11.3 Å². The first-order chi connectivity index (χ1) is 8.70. The molecule has 0 bridgehead atoms. The molecule has 0 saturated heterocycles. The highest BCUT2D eigenvalue weighted by molar-refractivity contribution is 7.14. The zero-order chi connectivity index (χ0) is 13.0. The van der Waals surface area contributed by atoms with Crippen molar-refractivity contribution >= 4 is 17.2 Å². The van der Waals surface area contributed by atoms with E-state index in [1.807, 2.05) is 13.0 Å². The van der Waals surface area contributed by atoms with Crippen LogP contribution in [0.4, 0.5) is 0 Å². The van der Waals surface area contributed by atoms with Crippen LogP contribution in [0.1, 0.15) is 39.4 Å². The van der Waals surface area contributed by atoms with Gasteiger partial charge in [0.2, 0.25) is 0 Å². The van der Waals surface area contributed by atoms with Gasteiger partial charge in [-0.3, -0.25) is 4.79 Å². The topological polar surface area (TPSA) is 55.1 Å². The number of rotatable bonds is 4. The number of hydrogen-bond acceptors (Lipinski definition) is 3. The van der Waals surface area contributed by atoms with Crippen LogP contribution in [0.25, 0.3) is 0 Å². The van der Waals surface area contributed by atoms with Gasteiger partial charge < -0.3 is 11.1 Å². The van der Waals surface area contributed by atoms with Gasteiger partial charge in [-0.05, 0) is 30.9 Å². The Hall–Kier alpha value is -1.31. The van der Waals surface area contributed by atoms with Crippen LogP contribution in [-0.4, -0.2) is 19.0 Å². The molecule has 3 N–H and O–H groups in total. The summed E-state index contributed by atoms with van der Waals surface area (Å²) < 4.78 is 0. The predicted molar refractivity (Wildman–Crippen MR) is 74.7 cm³/mol. The van der Waals surface area contributed by atoms with Gasteiger partial charge in [0.1, 0.15) is 0 Å². The van der Waals surface area contributed by atoms with Crippen LogP contribution in [0.5, 0.6) is 0 Å². The number of nitrogens with two attached hydrogens (primary N) is 1. The first-order valence-corrected chi connectivity index (χ1v) is 7.10. The van der Waals surface area contributed by atoms with Crippen molar-refractivity contribution in [3.05, 3.63) is 21.4 Å². The SMILES string of the molecule is Cc1cc(C(=O)NCCC2CC2)sc1C#CCN. The Morgan fingerprint density at radius 2 is 2.39 bits per heavy atom. The van der Waals surface area contributed by atoms with Crippen molar-refractivity contribution in [2.45, 2.75) is 26.2 Å². The van der Waals surface area contributed by atoms with Crippen LogP contribution in [0.2, 0.25) is 0 Å². The van der Waals surface area contributed by atoms with E-state index < -0.39 is 0 Å². The van der Waals surface area contributed by atoms with Crippen molar-refractivity contribution in [1.29, 1.82) is 0 Å². The van der Waals surface area contributed by atoms with Crippen molar-refractivity contribution < 1.29 is 4.79 Å². The van der Waals surface area contributed by atoms with Gasteiger partial charge >= 0.3 is 0 Å². The molecule has 3 nitrogen and oxygen atoms in total. The maximum atomic E-state index is 11.9. The highest BCUT2D eigenvalue weighted by Gasteiger charge is 2.21. The highest BCUT2D eigenvalue weighted by Crippen LogP contribution is 2.31. The van der Waals surface area contributed by atoms with Gasteiger partial charge in [-0.2, -0.15) is 0 Å². The molecule has 1 aliphatic rings. The number of thiophene rings is 1. The zero-order valence-corrected chi connectivity index (χ0v) is 11.4. The van der Waals surface area contributed by atoms with Gasteiger partial charge in [0.05, 0.1) is 16.3 Å². The summed E-state index contributed by atoms with van der Waals surface area (Å²) in [5.41, 5.74) is 6.39. The highest BCUT2D eigenvalue weighted by atomic mass is 32.1. The van der Waals surface area contributed by atoms with E-state index in [1.54, 1.807) is 0 Å². The molecule has 1 aromatic heterocycles. The minimum absolute atomic E-state index is 0.0181. The van der Waals surface area contributed by atoms with E-state index in [9.17, 15) is 4.79 Å². The molecule has 0 aliphatic heterocycles. The minimum Gasteiger partial charge on any atom is -0.351 e. The first kappa shape index (κ1) is 13.1. The van der Waals surface area contributed by atoms with E-state index in [0.717, 1.165) is 34.2 Å². The second kappa shape index (κ2) is 6.03. The lowest BCUT2D eigenvalue weighted by Gasteiger charge is -2.01. The molecular weight excluding hydrogens is 244 g/mol. The standard InChI is InChI=1S/C14H18N2OS/c1-10-9-13(18-12(10)3-2-7-15)14(17)16-8-6-11-4-5-11/h9,11H,4-8,15H2,1H3,(H,16,17). The maximum Gasteiger partial charge on any atom is 0.261 e. The fourth-order valence-electron chi connectivity index (χ4n) is 1.73. The largest absolute Gasteiger partial charge is 0.351 e. The lowest BCUT2D eigenvalue weighted by atomic mass is 10.2. The van der Waals surface area contributed by atoms with Gasteiger partial charge in [0.25, 0.3) is 5.91 Å². The Balaban J connectivity index is 1.92. The summed E-state index contributed by atoms with van der Waals surface area (Å²) in [6.07, 6.45) is 3.76. The fraction of sp³-hybridized carbons (Fsp3) is 0.500. The average Bonchev–Trinajstić information content (AvgIpc) is 3.09. The molecule has 0 spiro atoms. The van der Waals surface area contributed by atoms with E-state index >= 15 is 0 Å². The molecule has 1 aromatic rings. The van der Waals surface area contributed by atoms with E-state index in [1.165, 1.54) is 24.2 Å². The first-order valence-electron chi connectivity index (χ1n) is 6.28. The van der Waals surface area contributed by atoms with Gasteiger partial charge in [0.15, 0.2) is 0 Å². The molecule has 96 valence electrons. The van der Waals surface area contributed by atoms with E-state index in [4.69, 9.17) is 5.73 Å². The Bertz CT molecular complexity index is 492. The second-order valence-corrected chi connectivity index (χ2v) is 5.67. The van der Waals surface area contributed by atoms with Gasteiger partial charge in [-0.1, -0.05) is 24.7 Å². The normalized spacial score (nSPS) is 13.9. The fourth-order valence-corrected chi connectivity index (χ4v) is 2.70. The summed E-state index contributed by atoms with van der Waals surface area (Å²) in [6, 6.07) is 1.90. The number of amides is 1. The van der Waals surface area contributed by atoms with E-state index in [0.29, 0.717) is 6.54 Å². The number of carbonyl (C=O) groups is 1. The van der Waals surface area contributed by atoms with Crippen molar-refractivity contribution in [1.82, 2.24) is 5.32 Å². The Morgan fingerprint density at radius 1 is 1.61 bits per heavy atom. The molecule has 1 amide bonds. The van der Waals surface area contributed by atoms with E-state index in [2.05, 4.69) is 17.2 Å². The Kier molecular flexibility index (Phi) is 4.40. The lowest BCUT2D eigenvalue weighted by molar-refractivity contribution is 0.0956. The molecule has 0 aromatic carbocycles. The second-order valence-electron chi connectivity index (χ2n) is 4.62. The third-order valence-corrected chi connectivity index (χ3v) is 4.13. The molecule has 1 saturated carbocycles. The molecule has 1 fully saturated rings. The number of aryl methyl sites for hydroxylation is 1. The third-order valence-electron chi connectivity index (χ3n) is 2.98. The van der Waals surface area contributed by atoms with Gasteiger partial charge in [0, 0.05) is 6.54 Å². The molecule has 2 rings (SSSR count). The molecular formula is C14H18N2OS. The van der Waals surface area contributed by atoms with Crippen LogP contribution in [0, 0.1) is 24.7 Å². The van der Waals surface area contributed by atoms with E-state index in [-0.39, 0.29) is 5.91 Å². The quantitative estimate of drug-likeness (QED) is 0.814. The molecule has 1 heterocycles. The van der Waals surface area contributed by atoms with Crippen LogP contribution in [0.3, 0.4) is 0 Å². The smallest absolute Gasteiger partial charge is 0.261 e. The lowest BCUT2D eigenvalue weighted by Crippen LogP contribution is -2.23. The minimum atomic E-state index is 0.0181. The molecule has 4 heteroatoms. The van der Waals surface area contributed by atoms with Crippen molar-refractivity contribution in [3.8, 4) is 11.8 Å². The summed E-state index contributed by atoms with van der Waals surface area (Å²) >= 11 is 1.44. The van der Waals surface area contributed by atoms with Gasteiger partial charge in [-0.25, -0.2) is 0 Å². The molecule has 18 heavy (non-hydrogen) atoms. The third kappa shape index (κ3) is 3.59. The summed E-state index contributed by atoms with van der Waals surface area (Å²) in [5, 5.41) is 2.97. The summed E-state index contributed by atoms with van der Waals surface area (Å²) in [4.78, 5) is 13.6. The maximum absolute atomic E-state index is 11.9. The molecule has 0 unspecified atom stereocenters. The average molecular weight is 262 g/mol. The predicted octanol–water partition coefficient (Wildman–Crippen LogP) is 1.90. The van der Waals surface area contributed by atoms with Crippen LogP contribution >= 0.6 is 11.3 Å². The Morgan fingerprint density at radius 3 is 3.06 bits per heavy atom. The number of carbonyl (C=O) groups excluding carboxylic acids is 1. The Labute approximate surface area is 112 Å². The van der Waals surface area contributed by atoms with Crippen molar-refractivity contribution in [2.24, 2.45) is 11.7 Å². The summed E-state index contributed by atoms with van der Waals surface area (Å²) in [7, 11) is 0. The molecule has 0 atom stereocenters. The van der Waals surface area contributed by atoms with Crippen LogP contribution < -0.4 is 11.1 Å². The summed E-state index contributed by atoms with van der Waals surface area (Å²) in [6.45, 7) is 3.10. The van der Waals surface area contributed by atoms with Crippen molar-refractivity contribution in [3.63, 3.8) is 0 Å². The van der Waals surface area contributed by atoms with Crippen LogP contribution in [0.15, 0.2) is 6.07 Å². The summed E-state index contributed by atoms with van der Waals surface area (Å²) in [5.74, 6) is 6.68. The molecule has 0 radical (unpaired) electrons.